The molecular formula is C31H35N5O4. The Morgan fingerprint density at radius 2 is 1.70 bits per heavy atom. The molecule has 2 amide bonds. The fraction of sp³-hybridized carbons (Fsp3) is 0.355. The molecule has 0 unspecified atom stereocenters. The molecule has 1 aromatic heterocycles. The SMILES string of the molecule is COc1cccc([C@@H](C(=O)NC2CCCCC2)N(Cc2ccccc2)C(=O)Cn2nnc3ccccc32)c1OC. The zero-order chi connectivity index (χ0) is 27.9. The lowest BCUT2D eigenvalue weighted by Crippen LogP contribution is -2.47. The Morgan fingerprint density at radius 1 is 0.950 bits per heavy atom. The standard InChI is InChI=1S/C31H35N5O4/c1-39-27-19-11-16-24(30(27)40-2)29(31(38)32-23-14-7-4-8-15-23)35(20-22-12-5-3-6-13-22)28(37)21-36-26-18-10-9-17-25(26)33-34-36/h3,5-6,9-13,16-19,23,29H,4,7-8,14-15,20-21H2,1-2H3,(H,32,38)/t29-/m0/s1. The first-order valence-electron chi connectivity index (χ1n) is 13.7. The van der Waals surface area contributed by atoms with Crippen molar-refractivity contribution in [2.75, 3.05) is 14.2 Å². The van der Waals surface area contributed by atoms with Crippen LogP contribution >= 0.6 is 0 Å². The van der Waals surface area contributed by atoms with Crippen molar-refractivity contribution in [3.8, 4) is 11.5 Å². The summed E-state index contributed by atoms with van der Waals surface area (Å²) in [6.07, 6.45) is 5.16. The highest BCUT2D eigenvalue weighted by molar-refractivity contribution is 5.90. The molecule has 40 heavy (non-hydrogen) atoms. The molecule has 1 atom stereocenters. The molecule has 0 aliphatic heterocycles. The highest BCUT2D eigenvalue weighted by Gasteiger charge is 2.36. The number of amides is 2. The topological polar surface area (TPSA) is 98.6 Å². The summed E-state index contributed by atoms with van der Waals surface area (Å²) in [5, 5.41) is 11.7. The molecule has 0 bridgehead atoms. The zero-order valence-electron chi connectivity index (χ0n) is 23.0. The molecule has 1 heterocycles. The number of para-hydroxylation sites is 2. The van der Waals surface area contributed by atoms with Gasteiger partial charge in [0.2, 0.25) is 11.8 Å². The summed E-state index contributed by atoms with van der Waals surface area (Å²) in [6.45, 7) is 0.141. The number of carbonyl (C=O) groups is 2. The van der Waals surface area contributed by atoms with Crippen LogP contribution in [0, 0.1) is 0 Å². The molecule has 1 N–H and O–H groups in total. The van der Waals surface area contributed by atoms with Gasteiger partial charge in [-0.1, -0.05) is 79.1 Å². The van der Waals surface area contributed by atoms with Gasteiger partial charge in [0, 0.05) is 18.2 Å². The van der Waals surface area contributed by atoms with Crippen molar-refractivity contribution >= 4 is 22.8 Å². The van der Waals surface area contributed by atoms with Crippen molar-refractivity contribution < 1.29 is 19.1 Å². The molecule has 0 saturated heterocycles. The Hall–Kier alpha value is -4.40. The van der Waals surface area contributed by atoms with Crippen LogP contribution in [0.2, 0.25) is 0 Å². The number of aromatic nitrogens is 3. The first-order chi connectivity index (χ1) is 19.6. The largest absolute Gasteiger partial charge is 0.493 e. The number of rotatable bonds is 10. The van der Waals surface area contributed by atoms with Crippen molar-refractivity contribution in [3.63, 3.8) is 0 Å². The molecule has 9 heteroatoms. The highest BCUT2D eigenvalue weighted by Crippen LogP contribution is 2.38. The molecule has 4 aromatic rings. The summed E-state index contributed by atoms with van der Waals surface area (Å²) in [5.74, 6) is 0.398. The van der Waals surface area contributed by atoms with Gasteiger partial charge < -0.3 is 19.7 Å². The Morgan fingerprint density at radius 3 is 2.45 bits per heavy atom. The monoisotopic (exact) mass is 541 g/mol. The van der Waals surface area contributed by atoms with E-state index in [2.05, 4.69) is 15.6 Å². The Bertz CT molecular complexity index is 1450. The average molecular weight is 542 g/mol. The lowest BCUT2D eigenvalue weighted by Gasteiger charge is -2.34. The Balaban J connectivity index is 1.58. The second-order valence-electron chi connectivity index (χ2n) is 10.1. The van der Waals surface area contributed by atoms with Gasteiger partial charge in [-0.2, -0.15) is 0 Å². The highest BCUT2D eigenvalue weighted by atomic mass is 16.5. The van der Waals surface area contributed by atoms with E-state index in [9.17, 15) is 9.59 Å². The summed E-state index contributed by atoms with van der Waals surface area (Å²) in [5.41, 5.74) is 2.91. The van der Waals surface area contributed by atoms with Gasteiger partial charge in [-0.3, -0.25) is 9.59 Å². The molecule has 1 saturated carbocycles. The minimum Gasteiger partial charge on any atom is -0.493 e. The number of nitrogens with one attached hydrogen (secondary N) is 1. The lowest BCUT2D eigenvalue weighted by molar-refractivity contribution is -0.142. The average Bonchev–Trinajstić information content (AvgIpc) is 3.40. The van der Waals surface area contributed by atoms with E-state index in [1.54, 1.807) is 29.9 Å². The van der Waals surface area contributed by atoms with E-state index in [1.165, 1.54) is 6.42 Å². The summed E-state index contributed by atoms with van der Waals surface area (Å²) in [4.78, 5) is 30.0. The minimum atomic E-state index is -0.963. The summed E-state index contributed by atoms with van der Waals surface area (Å²) < 4.78 is 12.9. The van der Waals surface area contributed by atoms with Gasteiger partial charge in [0.1, 0.15) is 18.1 Å². The zero-order valence-corrected chi connectivity index (χ0v) is 23.0. The van der Waals surface area contributed by atoms with E-state index in [0.717, 1.165) is 36.8 Å². The fourth-order valence-electron chi connectivity index (χ4n) is 5.46. The molecule has 3 aromatic carbocycles. The smallest absolute Gasteiger partial charge is 0.247 e. The van der Waals surface area contributed by atoms with E-state index in [4.69, 9.17) is 9.47 Å². The van der Waals surface area contributed by atoms with Crippen LogP contribution in [-0.4, -0.2) is 52.0 Å². The number of hydrogen-bond acceptors (Lipinski definition) is 6. The van der Waals surface area contributed by atoms with E-state index in [-0.39, 0.29) is 30.9 Å². The van der Waals surface area contributed by atoms with E-state index < -0.39 is 6.04 Å². The number of methoxy groups -OCH3 is 2. The number of benzene rings is 3. The molecule has 0 spiro atoms. The lowest BCUT2D eigenvalue weighted by atomic mass is 9.94. The predicted octanol–water partition coefficient (Wildman–Crippen LogP) is 4.67. The van der Waals surface area contributed by atoms with Gasteiger partial charge in [-0.05, 0) is 36.6 Å². The first-order valence-corrected chi connectivity index (χ1v) is 13.7. The number of nitrogens with zero attached hydrogens (tertiary/aromatic N) is 4. The number of hydrogen-bond donors (Lipinski definition) is 1. The van der Waals surface area contributed by atoms with E-state index in [1.807, 2.05) is 66.7 Å². The van der Waals surface area contributed by atoms with Gasteiger partial charge >= 0.3 is 0 Å². The Kier molecular flexibility index (Phi) is 8.59. The molecule has 1 aliphatic carbocycles. The van der Waals surface area contributed by atoms with E-state index in [0.29, 0.717) is 22.6 Å². The van der Waals surface area contributed by atoms with Crippen LogP contribution in [-0.2, 0) is 22.7 Å². The van der Waals surface area contributed by atoms with Crippen LogP contribution < -0.4 is 14.8 Å². The van der Waals surface area contributed by atoms with Crippen LogP contribution in [0.15, 0.2) is 72.8 Å². The quantitative estimate of drug-likeness (QED) is 0.313. The van der Waals surface area contributed by atoms with Gasteiger partial charge in [0.15, 0.2) is 11.5 Å². The maximum atomic E-state index is 14.2. The number of carbonyl (C=O) groups excluding carboxylic acids is 2. The van der Waals surface area contributed by atoms with Gasteiger partial charge in [0.25, 0.3) is 0 Å². The van der Waals surface area contributed by atoms with Crippen molar-refractivity contribution in [1.82, 2.24) is 25.2 Å². The molecule has 1 fully saturated rings. The van der Waals surface area contributed by atoms with Crippen molar-refractivity contribution in [2.45, 2.75) is 57.3 Å². The second kappa shape index (κ2) is 12.6. The number of ether oxygens (including phenoxy) is 2. The van der Waals surface area contributed by atoms with Gasteiger partial charge in [-0.25, -0.2) is 4.68 Å². The van der Waals surface area contributed by atoms with Crippen LogP contribution in [0.5, 0.6) is 11.5 Å². The third-order valence-electron chi connectivity index (χ3n) is 7.46. The molecule has 9 nitrogen and oxygen atoms in total. The van der Waals surface area contributed by atoms with Crippen LogP contribution in [0.3, 0.4) is 0 Å². The molecule has 5 rings (SSSR count). The molecule has 0 radical (unpaired) electrons. The van der Waals surface area contributed by atoms with Gasteiger partial charge in [-0.15, -0.1) is 5.10 Å². The van der Waals surface area contributed by atoms with Crippen LogP contribution in [0.4, 0.5) is 0 Å². The molecule has 1 aliphatic rings. The fourth-order valence-corrected chi connectivity index (χ4v) is 5.46. The van der Waals surface area contributed by atoms with Gasteiger partial charge in [0.05, 0.1) is 19.7 Å². The Labute approximate surface area is 234 Å². The predicted molar refractivity (Wildman–Crippen MR) is 152 cm³/mol. The first kappa shape index (κ1) is 27.2. The summed E-state index contributed by atoms with van der Waals surface area (Å²) >= 11 is 0. The maximum Gasteiger partial charge on any atom is 0.247 e. The number of fused-ring (bicyclic) bond motifs is 1. The molecular weight excluding hydrogens is 506 g/mol. The van der Waals surface area contributed by atoms with E-state index >= 15 is 0 Å². The third-order valence-corrected chi connectivity index (χ3v) is 7.46. The molecule has 208 valence electrons. The van der Waals surface area contributed by atoms with Crippen LogP contribution in [0.25, 0.3) is 11.0 Å². The van der Waals surface area contributed by atoms with Crippen LogP contribution in [0.1, 0.15) is 49.3 Å². The maximum absolute atomic E-state index is 14.2. The van der Waals surface area contributed by atoms with Crippen molar-refractivity contribution in [1.29, 1.82) is 0 Å². The van der Waals surface area contributed by atoms with Crippen molar-refractivity contribution in [2.24, 2.45) is 0 Å². The second-order valence-corrected chi connectivity index (χ2v) is 10.1. The van der Waals surface area contributed by atoms with Crippen molar-refractivity contribution in [3.05, 3.63) is 83.9 Å². The summed E-state index contributed by atoms with van der Waals surface area (Å²) in [7, 11) is 3.10. The minimum absolute atomic E-state index is 0.0632. The third kappa shape index (κ3) is 5.93. The normalized spacial score (nSPS) is 14.4. The summed E-state index contributed by atoms with van der Waals surface area (Å²) in [6, 6.07) is 21.7.